The molecule has 3 amide bonds. The fourth-order valence-electron chi connectivity index (χ4n) is 4.48. The van der Waals surface area contributed by atoms with Gasteiger partial charge in [0.2, 0.25) is 5.91 Å². The first-order valence-corrected chi connectivity index (χ1v) is 10.4. The van der Waals surface area contributed by atoms with E-state index in [0.29, 0.717) is 24.9 Å². The van der Waals surface area contributed by atoms with Crippen LogP contribution in [-0.2, 0) is 11.3 Å². The van der Waals surface area contributed by atoms with Crippen molar-refractivity contribution in [3.05, 3.63) is 23.7 Å². The van der Waals surface area contributed by atoms with E-state index in [-0.39, 0.29) is 17.9 Å². The van der Waals surface area contributed by atoms with E-state index in [1.165, 1.54) is 6.42 Å². The minimum atomic E-state index is -0.104. The lowest BCUT2D eigenvalue weighted by Crippen LogP contribution is -2.49. The number of amides is 3. The lowest BCUT2D eigenvalue weighted by molar-refractivity contribution is -0.136. The number of likely N-dealkylation sites (tertiary alicyclic amines) is 2. The van der Waals surface area contributed by atoms with Gasteiger partial charge in [0, 0.05) is 39.1 Å². The molecule has 0 aromatic carbocycles. The number of furan rings is 1. The Morgan fingerprint density at radius 3 is 2.56 bits per heavy atom. The lowest BCUT2D eigenvalue weighted by atomic mass is 9.96. The predicted molar refractivity (Wildman–Crippen MR) is 102 cm³/mol. The van der Waals surface area contributed by atoms with Crippen LogP contribution in [0.15, 0.2) is 16.5 Å². The molecule has 27 heavy (non-hydrogen) atoms. The van der Waals surface area contributed by atoms with Gasteiger partial charge in [0.25, 0.3) is 0 Å². The van der Waals surface area contributed by atoms with Crippen LogP contribution in [0.4, 0.5) is 4.79 Å². The van der Waals surface area contributed by atoms with Crippen molar-refractivity contribution in [1.29, 1.82) is 0 Å². The summed E-state index contributed by atoms with van der Waals surface area (Å²) >= 11 is 0. The molecule has 0 radical (unpaired) electrons. The number of nitrogens with zero attached hydrogens (tertiary/aromatic N) is 3. The van der Waals surface area contributed by atoms with Crippen LogP contribution >= 0.6 is 0 Å². The van der Waals surface area contributed by atoms with Crippen molar-refractivity contribution in [3.8, 4) is 0 Å². The average Bonchev–Trinajstić information content (AvgIpc) is 3.10. The van der Waals surface area contributed by atoms with Gasteiger partial charge in [0.15, 0.2) is 0 Å². The highest BCUT2D eigenvalue weighted by Gasteiger charge is 2.37. The van der Waals surface area contributed by atoms with Crippen molar-refractivity contribution in [1.82, 2.24) is 14.7 Å². The van der Waals surface area contributed by atoms with Crippen molar-refractivity contribution in [2.75, 3.05) is 33.2 Å². The highest BCUT2D eigenvalue weighted by Crippen LogP contribution is 2.47. The van der Waals surface area contributed by atoms with Crippen molar-refractivity contribution >= 4 is 11.9 Å². The topological polar surface area (TPSA) is 57.0 Å². The summed E-state index contributed by atoms with van der Waals surface area (Å²) in [6.07, 6.45) is 5.14. The molecule has 3 unspecified atom stereocenters. The minimum Gasteiger partial charge on any atom is -0.464 e. The second kappa shape index (κ2) is 7.56. The molecule has 1 saturated carbocycles. The van der Waals surface area contributed by atoms with Gasteiger partial charge in [-0.25, -0.2) is 4.79 Å². The van der Waals surface area contributed by atoms with Crippen LogP contribution in [0.3, 0.4) is 0 Å². The number of piperidine rings is 1. The Morgan fingerprint density at radius 1 is 1.15 bits per heavy atom. The normalized spacial score (nSPS) is 27.7. The van der Waals surface area contributed by atoms with E-state index < -0.39 is 0 Å². The van der Waals surface area contributed by atoms with Gasteiger partial charge in [-0.15, -0.1) is 0 Å². The van der Waals surface area contributed by atoms with E-state index >= 15 is 0 Å². The van der Waals surface area contributed by atoms with Crippen molar-refractivity contribution in [2.24, 2.45) is 11.8 Å². The zero-order valence-electron chi connectivity index (χ0n) is 16.5. The quantitative estimate of drug-likeness (QED) is 0.814. The second-order valence-electron chi connectivity index (χ2n) is 8.58. The molecule has 0 spiro atoms. The molecule has 3 heterocycles. The molecule has 1 aliphatic carbocycles. The molecule has 2 aliphatic heterocycles. The summed E-state index contributed by atoms with van der Waals surface area (Å²) in [5, 5.41) is 0. The standard InChI is InChI=1S/C21H31N3O3/c1-15-12-18(15)19-8-7-17(27-19)14-22(2)20(25)16-6-5-11-24(13-16)21(26)23-9-3-4-10-23/h7-8,15-16,18H,3-6,9-14H2,1-2H3. The molecule has 3 aliphatic rings. The number of urea groups is 1. The molecule has 6 heteroatoms. The number of carbonyl (C=O) groups is 2. The molecule has 0 N–H and O–H groups in total. The summed E-state index contributed by atoms with van der Waals surface area (Å²) in [5.41, 5.74) is 0. The SMILES string of the molecule is CC1CC1c1ccc(CN(C)C(=O)C2CCCN(C(=O)N3CCCC3)C2)o1. The van der Waals surface area contributed by atoms with E-state index in [2.05, 4.69) is 13.0 Å². The Kier molecular flexibility index (Phi) is 5.15. The van der Waals surface area contributed by atoms with Gasteiger partial charge in [-0.05, 0) is 50.2 Å². The molecule has 3 atom stereocenters. The van der Waals surface area contributed by atoms with Gasteiger partial charge < -0.3 is 19.1 Å². The lowest BCUT2D eigenvalue weighted by Gasteiger charge is -2.35. The molecule has 6 nitrogen and oxygen atoms in total. The van der Waals surface area contributed by atoms with Crippen LogP contribution in [0.2, 0.25) is 0 Å². The summed E-state index contributed by atoms with van der Waals surface area (Å²) in [7, 11) is 1.84. The Morgan fingerprint density at radius 2 is 1.85 bits per heavy atom. The largest absolute Gasteiger partial charge is 0.464 e. The summed E-state index contributed by atoms with van der Waals surface area (Å²) in [6.45, 7) is 5.76. The Balaban J connectivity index is 1.32. The highest BCUT2D eigenvalue weighted by atomic mass is 16.3. The number of hydrogen-bond donors (Lipinski definition) is 0. The molecule has 3 fully saturated rings. The van der Waals surface area contributed by atoms with Crippen LogP contribution in [-0.4, -0.2) is 59.9 Å². The van der Waals surface area contributed by atoms with E-state index in [9.17, 15) is 9.59 Å². The van der Waals surface area contributed by atoms with Gasteiger partial charge in [0.1, 0.15) is 11.5 Å². The number of carbonyl (C=O) groups excluding carboxylic acids is 2. The summed E-state index contributed by atoms with van der Waals surface area (Å²) in [6, 6.07) is 4.16. The Bertz CT molecular complexity index is 695. The van der Waals surface area contributed by atoms with E-state index in [4.69, 9.17) is 4.42 Å². The summed E-state index contributed by atoms with van der Waals surface area (Å²) in [4.78, 5) is 31.1. The van der Waals surface area contributed by atoms with Crippen molar-refractivity contribution < 1.29 is 14.0 Å². The Hall–Kier alpha value is -1.98. The molecular weight excluding hydrogens is 342 g/mol. The molecule has 4 rings (SSSR count). The van der Waals surface area contributed by atoms with E-state index in [0.717, 1.165) is 56.8 Å². The molecule has 1 aromatic rings. The zero-order chi connectivity index (χ0) is 19.0. The van der Waals surface area contributed by atoms with Crippen molar-refractivity contribution in [2.45, 2.75) is 51.5 Å². The van der Waals surface area contributed by atoms with Crippen LogP contribution in [0, 0.1) is 11.8 Å². The van der Waals surface area contributed by atoms with Crippen molar-refractivity contribution in [3.63, 3.8) is 0 Å². The molecule has 2 saturated heterocycles. The monoisotopic (exact) mass is 373 g/mol. The van der Waals surface area contributed by atoms with Gasteiger partial charge >= 0.3 is 6.03 Å². The maximum absolute atomic E-state index is 12.9. The van der Waals surface area contributed by atoms with Gasteiger partial charge in [-0.3, -0.25) is 4.79 Å². The first-order chi connectivity index (χ1) is 13.0. The van der Waals surface area contributed by atoms with Gasteiger partial charge in [-0.2, -0.15) is 0 Å². The highest BCUT2D eigenvalue weighted by molar-refractivity contribution is 5.81. The first-order valence-electron chi connectivity index (χ1n) is 10.4. The van der Waals surface area contributed by atoms with Crippen LogP contribution < -0.4 is 0 Å². The molecule has 148 valence electrons. The molecule has 1 aromatic heterocycles. The smallest absolute Gasteiger partial charge is 0.320 e. The first kappa shape index (κ1) is 18.4. The maximum Gasteiger partial charge on any atom is 0.320 e. The summed E-state index contributed by atoms with van der Waals surface area (Å²) in [5.74, 6) is 3.19. The third kappa shape index (κ3) is 3.99. The second-order valence-corrected chi connectivity index (χ2v) is 8.58. The van der Waals surface area contributed by atoms with Gasteiger partial charge in [0.05, 0.1) is 12.5 Å². The van der Waals surface area contributed by atoms with Crippen LogP contribution in [0.5, 0.6) is 0 Å². The number of rotatable bonds is 4. The summed E-state index contributed by atoms with van der Waals surface area (Å²) < 4.78 is 5.95. The molecule has 0 bridgehead atoms. The zero-order valence-corrected chi connectivity index (χ0v) is 16.5. The van der Waals surface area contributed by atoms with E-state index in [1.54, 1.807) is 4.90 Å². The third-order valence-electron chi connectivity index (χ3n) is 6.34. The fourth-order valence-corrected chi connectivity index (χ4v) is 4.48. The number of hydrogen-bond acceptors (Lipinski definition) is 3. The van der Waals surface area contributed by atoms with Gasteiger partial charge in [-0.1, -0.05) is 6.92 Å². The van der Waals surface area contributed by atoms with E-state index in [1.807, 2.05) is 22.9 Å². The van der Waals surface area contributed by atoms with Crippen LogP contribution in [0.1, 0.15) is 56.5 Å². The third-order valence-corrected chi connectivity index (χ3v) is 6.34. The Labute approximate surface area is 161 Å². The maximum atomic E-state index is 12.9. The van der Waals surface area contributed by atoms with Crippen LogP contribution in [0.25, 0.3) is 0 Å². The molecular formula is C21H31N3O3. The predicted octanol–water partition coefficient (Wildman–Crippen LogP) is 3.29. The average molecular weight is 373 g/mol. The minimum absolute atomic E-state index is 0.104. The fraction of sp³-hybridized carbons (Fsp3) is 0.714.